The van der Waals surface area contributed by atoms with Gasteiger partial charge in [-0.3, -0.25) is 4.79 Å². The molecule has 0 fully saturated rings. The third-order valence-electron chi connectivity index (χ3n) is 3.39. The maximum Gasteiger partial charge on any atom is 0.167 e. The zero-order valence-electron chi connectivity index (χ0n) is 10.7. The summed E-state index contributed by atoms with van der Waals surface area (Å²) in [7, 11) is 0. The third-order valence-corrected chi connectivity index (χ3v) is 3.39. The molecule has 0 atom stereocenters. The van der Waals surface area contributed by atoms with E-state index in [1.54, 1.807) is 22.7 Å². The lowest BCUT2D eigenvalue weighted by atomic mass is 10.1. The molecule has 0 saturated heterocycles. The van der Waals surface area contributed by atoms with E-state index in [4.69, 9.17) is 0 Å². The second-order valence-corrected chi connectivity index (χ2v) is 4.63. The van der Waals surface area contributed by atoms with Crippen LogP contribution in [0.15, 0.2) is 42.6 Å². The van der Waals surface area contributed by atoms with E-state index < -0.39 is 11.6 Å². The van der Waals surface area contributed by atoms with Crippen LogP contribution >= 0.6 is 0 Å². The van der Waals surface area contributed by atoms with Gasteiger partial charge >= 0.3 is 0 Å². The summed E-state index contributed by atoms with van der Waals surface area (Å²) in [4.78, 5) is 11.3. The molecule has 2 aromatic heterocycles. The summed E-state index contributed by atoms with van der Waals surface area (Å²) in [5.41, 5.74) is 2.56. The van der Waals surface area contributed by atoms with Gasteiger partial charge in [-0.1, -0.05) is 6.07 Å². The Labute approximate surface area is 114 Å². The van der Waals surface area contributed by atoms with Gasteiger partial charge in [-0.25, -0.2) is 8.78 Å². The summed E-state index contributed by atoms with van der Waals surface area (Å²) >= 11 is 0. The number of hydrogen-bond acceptors (Lipinski definition) is 1. The number of aromatic nitrogens is 1. The van der Waals surface area contributed by atoms with Crippen LogP contribution < -0.4 is 0 Å². The van der Waals surface area contributed by atoms with Gasteiger partial charge < -0.3 is 4.40 Å². The molecule has 0 aliphatic carbocycles. The standard InChI is InChI=1S/C16H11F2NO/c1-10-3-2-6-19-15(10)8-13(16(19)9-20)12-7-11(17)4-5-14(12)18/h2-9H,1H3. The summed E-state index contributed by atoms with van der Waals surface area (Å²) in [5.74, 6) is -1.09. The van der Waals surface area contributed by atoms with Gasteiger partial charge in [-0.15, -0.1) is 0 Å². The van der Waals surface area contributed by atoms with E-state index in [2.05, 4.69) is 0 Å². The molecular weight excluding hydrogens is 260 g/mol. The Kier molecular flexibility index (Phi) is 2.86. The second-order valence-electron chi connectivity index (χ2n) is 4.63. The highest BCUT2D eigenvalue weighted by Gasteiger charge is 2.16. The SMILES string of the molecule is Cc1cccn2c(C=O)c(-c3cc(F)ccc3F)cc12. The van der Waals surface area contributed by atoms with Crippen molar-refractivity contribution in [2.24, 2.45) is 0 Å². The highest BCUT2D eigenvalue weighted by molar-refractivity contribution is 5.90. The minimum atomic E-state index is -0.553. The maximum absolute atomic E-state index is 13.9. The lowest BCUT2D eigenvalue weighted by Gasteiger charge is -2.03. The van der Waals surface area contributed by atoms with E-state index in [9.17, 15) is 13.6 Å². The van der Waals surface area contributed by atoms with Crippen molar-refractivity contribution in [1.29, 1.82) is 0 Å². The number of hydrogen-bond donors (Lipinski definition) is 0. The van der Waals surface area contributed by atoms with Crippen LogP contribution in [0.1, 0.15) is 16.1 Å². The van der Waals surface area contributed by atoms with Crippen molar-refractivity contribution < 1.29 is 13.6 Å². The molecule has 0 radical (unpaired) electrons. The zero-order chi connectivity index (χ0) is 14.3. The normalized spacial score (nSPS) is 10.9. The smallest absolute Gasteiger partial charge is 0.167 e. The van der Waals surface area contributed by atoms with Crippen LogP contribution in [0.25, 0.3) is 16.6 Å². The largest absolute Gasteiger partial charge is 0.313 e. The van der Waals surface area contributed by atoms with Crippen molar-refractivity contribution in [3.8, 4) is 11.1 Å². The number of pyridine rings is 1. The van der Waals surface area contributed by atoms with E-state index in [1.165, 1.54) is 0 Å². The first kappa shape index (κ1) is 12.5. The molecule has 0 aliphatic heterocycles. The average Bonchev–Trinajstić information content (AvgIpc) is 2.81. The van der Waals surface area contributed by atoms with Crippen LogP contribution in [0.4, 0.5) is 8.78 Å². The molecule has 3 aromatic rings. The first-order chi connectivity index (χ1) is 9.61. The highest BCUT2D eigenvalue weighted by atomic mass is 19.1. The lowest BCUT2D eigenvalue weighted by molar-refractivity contribution is 0.111. The van der Waals surface area contributed by atoms with E-state index >= 15 is 0 Å². The van der Waals surface area contributed by atoms with Crippen molar-refractivity contribution in [2.45, 2.75) is 6.92 Å². The van der Waals surface area contributed by atoms with Crippen molar-refractivity contribution >= 4 is 11.8 Å². The number of nitrogens with zero attached hydrogens (tertiary/aromatic N) is 1. The van der Waals surface area contributed by atoms with Crippen LogP contribution in [-0.4, -0.2) is 10.7 Å². The van der Waals surface area contributed by atoms with Gasteiger partial charge in [0.25, 0.3) is 0 Å². The second kappa shape index (κ2) is 4.56. The van der Waals surface area contributed by atoms with Crippen LogP contribution in [0.5, 0.6) is 0 Å². The van der Waals surface area contributed by atoms with Gasteiger partial charge in [0.1, 0.15) is 11.6 Å². The number of aryl methyl sites for hydroxylation is 1. The van der Waals surface area contributed by atoms with E-state index in [0.29, 0.717) is 17.5 Å². The van der Waals surface area contributed by atoms with Crippen molar-refractivity contribution in [3.63, 3.8) is 0 Å². The quantitative estimate of drug-likeness (QED) is 0.645. The van der Waals surface area contributed by atoms with Gasteiger partial charge in [0.15, 0.2) is 6.29 Å². The average molecular weight is 271 g/mol. The maximum atomic E-state index is 13.9. The highest BCUT2D eigenvalue weighted by Crippen LogP contribution is 2.30. The Morgan fingerprint density at radius 2 is 1.90 bits per heavy atom. The van der Waals surface area contributed by atoms with Crippen LogP contribution in [0.2, 0.25) is 0 Å². The number of fused-ring (bicyclic) bond motifs is 1. The van der Waals surface area contributed by atoms with Gasteiger partial charge in [-0.05, 0) is 42.8 Å². The lowest BCUT2D eigenvalue weighted by Crippen LogP contribution is -1.94. The number of rotatable bonds is 2. The van der Waals surface area contributed by atoms with Crippen LogP contribution in [0.3, 0.4) is 0 Å². The Morgan fingerprint density at radius 3 is 2.65 bits per heavy atom. The number of aldehydes is 1. The van der Waals surface area contributed by atoms with E-state index in [1.807, 2.05) is 13.0 Å². The minimum Gasteiger partial charge on any atom is -0.313 e. The van der Waals surface area contributed by atoms with Crippen molar-refractivity contribution in [1.82, 2.24) is 4.40 Å². The molecule has 0 spiro atoms. The van der Waals surface area contributed by atoms with Gasteiger partial charge in [0, 0.05) is 22.8 Å². The summed E-state index contributed by atoms with van der Waals surface area (Å²) in [5, 5.41) is 0. The molecule has 0 N–H and O–H groups in total. The summed E-state index contributed by atoms with van der Waals surface area (Å²) in [6, 6.07) is 8.63. The predicted molar refractivity (Wildman–Crippen MR) is 72.9 cm³/mol. The molecule has 0 unspecified atom stereocenters. The fraction of sp³-hybridized carbons (Fsp3) is 0.0625. The summed E-state index contributed by atoms with van der Waals surface area (Å²) in [6.45, 7) is 1.90. The number of carbonyl (C=O) groups excluding carboxylic acids is 1. The molecule has 3 rings (SSSR count). The zero-order valence-corrected chi connectivity index (χ0v) is 10.7. The van der Waals surface area contributed by atoms with Gasteiger partial charge in [0.2, 0.25) is 0 Å². The Bertz CT molecular complexity index is 821. The molecule has 2 heterocycles. The number of carbonyl (C=O) groups is 1. The molecule has 100 valence electrons. The Balaban J connectivity index is 2.39. The fourth-order valence-corrected chi connectivity index (χ4v) is 2.40. The molecule has 0 amide bonds. The van der Waals surface area contributed by atoms with Gasteiger partial charge in [0.05, 0.1) is 5.69 Å². The first-order valence-electron chi connectivity index (χ1n) is 6.13. The summed E-state index contributed by atoms with van der Waals surface area (Å²) < 4.78 is 28.9. The van der Waals surface area contributed by atoms with E-state index in [-0.39, 0.29) is 5.56 Å². The molecule has 0 saturated carbocycles. The van der Waals surface area contributed by atoms with Gasteiger partial charge in [-0.2, -0.15) is 0 Å². The topological polar surface area (TPSA) is 21.5 Å². The molecule has 0 aliphatic rings. The fourth-order valence-electron chi connectivity index (χ4n) is 2.40. The van der Waals surface area contributed by atoms with E-state index in [0.717, 1.165) is 29.3 Å². The minimum absolute atomic E-state index is 0.0928. The molecule has 0 bridgehead atoms. The predicted octanol–water partition coefficient (Wildman–Crippen LogP) is 4.01. The third kappa shape index (κ3) is 1.81. The molecule has 2 nitrogen and oxygen atoms in total. The van der Waals surface area contributed by atoms with Crippen LogP contribution in [0, 0.1) is 18.6 Å². The van der Waals surface area contributed by atoms with Crippen LogP contribution in [-0.2, 0) is 0 Å². The number of halogens is 2. The molecule has 20 heavy (non-hydrogen) atoms. The summed E-state index contributed by atoms with van der Waals surface area (Å²) in [6.07, 6.45) is 2.39. The Morgan fingerprint density at radius 1 is 1.10 bits per heavy atom. The monoisotopic (exact) mass is 271 g/mol. The number of benzene rings is 1. The molecule has 4 heteroatoms. The first-order valence-corrected chi connectivity index (χ1v) is 6.13. The van der Waals surface area contributed by atoms with Crippen molar-refractivity contribution in [2.75, 3.05) is 0 Å². The molecular formula is C16H11F2NO. The molecule has 1 aromatic carbocycles. The Hall–Kier alpha value is -2.49. The van der Waals surface area contributed by atoms with Crippen molar-refractivity contribution in [3.05, 3.63) is 65.5 Å².